The third-order valence-corrected chi connectivity index (χ3v) is 5.94. The largest absolute Gasteiger partial charge is 0.495 e. The Morgan fingerprint density at radius 3 is 2.60 bits per heavy atom. The number of sulfonamides is 1. The molecule has 0 unspecified atom stereocenters. The summed E-state index contributed by atoms with van der Waals surface area (Å²) in [5.74, 6) is -0.365. The highest BCUT2D eigenvalue weighted by atomic mass is 32.2. The number of nitro groups is 1. The first-order valence-corrected chi connectivity index (χ1v) is 11.4. The number of morpholine rings is 1. The molecule has 0 aliphatic carbocycles. The van der Waals surface area contributed by atoms with Crippen LogP contribution < -0.4 is 14.4 Å². The second-order valence-electron chi connectivity index (χ2n) is 6.84. The average molecular weight is 445 g/mol. The zero-order valence-electron chi connectivity index (χ0n) is 17.4. The van der Waals surface area contributed by atoms with Crippen molar-refractivity contribution in [2.75, 3.05) is 57.1 Å². The monoisotopic (exact) mass is 444 g/mol. The molecule has 1 aromatic carbocycles. The van der Waals surface area contributed by atoms with Gasteiger partial charge in [0.1, 0.15) is 17.5 Å². The zero-order valence-corrected chi connectivity index (χ0v) is 18.2. The minimum Gasteiger partial charge on any atom is -0.495 e. The lowest BCUT2D eigenvalue weighted by Crippen LogP contribution is -2.51. The molecule has 0 spiro atoms. The van der Waals surface area contributed by atoms with Crippen molar-refractivity contribution in [3.63, 3.8) is 0 Å². The number of rotatable bonds is 10. The summed E-state index contributed by atoms with van der Waals surface area (Å²) in [6.45, 7) is 5.46. The maximum Gasteiger partial charge on any atom is 0.271 e. The molecule has 12 heteroatoms. The number of hydrogen-bond acceptors (Lipinski definition) is 8. The quantitative estimate of drug-likeness (QED) is 0.410. The molecule has 1 N–H and O–H groups in total. The van der Waals surface area contributed by atoms with Gasteiger partial charge in [-0.15, -0.1) is 0 Å². The van der Waals surface area contributed by atoms with Gasteiger partial charge >= 0.3 is 0 Å². The lowest BCUT2D eigenvalue weighted by Gasteiger charge is -2.31. The molecule has 0 radical (unpaired) electrons. The highest BCUT2D eigenvalue weighted by Crippen LogP contribution is 2.35. The number of hydrogen-bond donors (Lipinski definition) is 1. The number of amides is 1. The summed E-state index contributed by atoms with van der Waals surface area (Å²) in [6, 6.07) is 2.55. The standard InChI is InChI=1S/C18H28N4O7S/c1-4-15(18(23)19-7-8-20-9-11-29-12-10-20)21(30(3,26)27)16-13-14(22(24)25)5-6-17(16)28-2/h5-6,13,15H,4,7-12H2,1-3H3,(H,19,23)/t15-/m1/s1. The van der Waals surface area contributed by atoms with E-state index in [4.69, 9.17) is 9.47 Å². The van der Waals surface area contributed by atoms with Gasteiger partial charge in [0.25, 0.3) is 5.69 Å². The van der Waals surface area contributed by atoms with Crippen LogP contribution in [0.2, 0.25) is 0 Å². The molecule has 168 valence electrons. The van der Waals surface area contributed by atoms with Gasteiger partial charge in [0.15, 0.2) is 0 Å². The van der Waals surface area contributed by atoms with E-state index in [9.17, 15) is 23.3 Å². The molecule has 0 bridgehead atoms. The molecule has 1 aliphatic rings. The predicted molar refractivity (Wildman–Crippen MR) is 111 cm³/mol. The van der Waals surface area contributed by atoms with Gasteiger partial charge in [0, 0.05) is 38.3 Å². The van der Waals surface area contributed by atoms with Crippen molar-refractivity contribution in [1.29, 1.82) is 0 Å². The number of nitro benzene ring substituents is 1. The van der Waals surface area contributed by atoms with Gasteiger partial charge < -0.3 is 14.8 Å². The second-order valence-corrected chi connectivity index (χ2v) is 8.70. The normalized spacial score (nSPS) is 16.0. The van der Waals surface area contributed by atoms with Crippen molar-refractivity contribution in [3.05, 3.63) is 28.3 Å². The van der Waals surface area contributed by atoms with Crippen LogP contribution in [0.15, 0.2) is 18.2 Å². The van der Waals surface area contributed by atoms with E-state index in [0.29, 0.717) is 26.3 Å². The van der Waals surface area contributed by atoms with Gasteiger partial charge in [-0.25, -0.2) is 8.42 Å². The van der Waals surface area contributed by atoms with Gasteiger partial charge in [-0.1, -0.05) is 6.92 Å². The minimum atomic E-state index is -3.95. The van der Waals surface area contributed by atoms with E-state index in [0.717, 1.165) is 29.7 Å². The summed E-state index contributed by atoms with van der Waals surface area (Å²) in [4.78, 5) is 25.6. The van der Waals surface area contributed by atoms with Crippen LogP contribution in [0.3, 0.4) is 0 Å². The Balaban J connectivity index is 2.27. The first kappa shape index (κ1) is 23.8. The van der Waals surface area contributed by atoms with Gasteiger partial charge in [0.05, 0.1) is 31.5 Å². The molecular formula is C18H28N4O7S. The van der Waals surface area contributed by atoms with E-state index < -0.39 is 26.9 Å². The Morgan fingerprint density at radius 2 is 2.07 bits per heavy atom. The topological polar surface area (TPSA) is 131 Å². The Kier molecular flexibility index (Phi) is 8.38. The summed E-state index contributed by atoms with van der Waals surface area (Å²) in [5.41, 5.74) is -0.355. The van der Waals surface area contributed by atoms with Crippen LogP contribution in [0.25, 0.3) is 0 Å². The molecule has 30 heavy (non-hydrogen) atoms. The van der Waals surface area contributed by atoms with E-state index in [1.165, 1.54) is 19.2 Å². The number of nitrogens with zero attached hydrogens (tertiary/aromatic N) is 3. The van der Waals surface area contributed by atoms with Crippen molar-refractivity contribution >= 4 is 27.3 Å². The number of benzene rings is 1. The second kappa shape index (κ2) is 10.5. The molecule has 0 saturated carbocycles. The van der Waals surface area contributed by atoms with Gasteiger partial charge in [0.2, 0.25) is 15.9 Å². The van der Waals surface area contributed by atoms with Crippen molar-refractivity contribution < 1.29 is 27.6 Å². The molecule has 1 heterocycles. The predicted octanol–water partition coefficient (Wildman–Crippen LogP) is 0.596. The number of non-ortho nitro benzene ring substituents is 1. The molecule has 2 rings (SSSR count). The third-order valence-electron chi connectivity index (χ3n) is 4.77. The van der Waals surface area contributed by atoms with Gasteiger partial charge in [-0.3, -0.25) is 24.1 Å². The third kappa shape index (κ3) is 6.03. The first-order valence-electron chi connectivity index (χ1n) is 9.58. The number of ether oxygens (including phenoxy) is 2. The van der Waals surface area contributed by atoms with Crippen molar-refractivity contribution in [1.82, 2.24) is 10.2 Å². The average Bonchev–Trinajstić information content (AvgIpc) is 2.71. The van der Waals surface area contributed by atoms with E-state index in [1.807, 2.05) is 0 Å². The Bertz CT molecular complexity index is 856. The summed E-state index contributed by atoms with van der Waals surface area (Å²) >= 11 is 0. The van der Waals surface area contributed by atoms with Crippen LogP contribution in [0, 0.1) is 10.1 Å². The van der Waals surface area contributed by atoms with Crippen molar-refractivity contribution in [2.45, 2.75) is 19.4 Å². The lowest BCUT2D eigenvalue weighted by atomic mass is 10.1. The van der Waals surface area contributed by atoms with Crippen LogP contribution >= 0.6 is 0 Å². The summed E-state index contributed by atoms with van der Waals surface area (Å²) in [6.07, 6.45) is 1.12. The molecule has 11 nitrogen and oxygen atoms in total. The SMILES string of the molecule is CC[C@H](C(=O)NCCN1CCOCC1)N(c1cc([N+](=O)[O-])ccc1OC)S(C)(=O)=O. The number of carbonyl (C=O) groups is 1. The molecule has 1 atom stereocenters. The Morgan fingerprint density at radius 1 is 1.40 bits per heavy atom. The molecule has 1 fully saturated rings. The van der Waals surface area contributed by atoms with E-state index in [-0.39, 0.29) is 23.5 Å². The molecule has 1 amide bonds. The van der Waals surface area contributed by atoms with Crippen LogP contribution in [-0.4, -0.2) is 82.9 Å². The van der Waals surface area contributed by atoms with Crippen LogP contribution in [0.5, 0.6) is 5.75 Å². The molecule has 1 aliphatic heterocycles. The summed E-state index contributed by atoms with van der Waals surface area (Å²) < 4.78 is 36.6. The molecule has 1 aromatic rings. The fourth-order valence-electron chi connectivity index (χ4n) is 3.28. The van der Waals surface area contributed by atoms with E-state index in [1.54, 1.807) is 6.92 Å². The Hall–Kier alpha value is -2.44. The summed E-state index contributed by atoms with van der Waals surface area (Å²) in [5, 5.41) is 14.0. The van der Waals surface area contributed by atoms with Gasteiger partial charge in [-0.05, 0) is 12.5 Å². The smallest absolute Gasteiger partial charge is 0.271 e. The van der Waals surface area contributed by atoms with Crippen LogP contribution in [0.1, 0.15) is 13.3 Å². The van der Waals surface area contributed by atoms with Crippen molar-refractivity contribution in [2.24, 2.45) is 0 Å². The number of carbonyl (C=O) groups excluding carboxylic acids is 1. The maximum atomic E-state index is 12.9. The highest BCUT2D eigenvalue weighted by Gasteiger charge is 2.34. The van der Waals surface area contributed by atoms with E-state index >= 15 is 0 Å². The van der Waals surface area contributed by atoms with Crippen LogP contribution in [0.4, 0.5) is 11.4 Å². The maximum absolute atomic E-state index is 12.9. The van der Waals surface area contributed by atoms with Crippen LogP contribution in [-0.2, 0) is 19.6 Å². The highest BCUT2D eigenvalue weighted by molar-refractivity contribution is 7.92. The fraction of sp³-hybridized carbons (Fsp3) is 0.611. The minimum absolute atomic E-state index is 0.0515. The Labute approximate surface area is 176 Å². The molecule has 0 aromatic heterocycles. The number of nitrogens with one attached hydrogen (secondary N) is 1. The number of methoxy groups -OCH3 is 1. The zero-order chi connectivity index (χ0) is 22.3. The van der Waals surface area contributed by atoms with Gasteiger partial charge in [-0.2, -0.15) is 0 Å². The number of anilines is 1. The first-order chi connectivity index (χ1) is 14.2. The van der Waals surface area contributed by atoms with Crippen molar-refractivity contribution in [3.8, 4) is 5.75 Å². The lowest BCUT2D eigenvalue weighted by molar-refractivity contribution is -0.384. The molecular weight excluding hydrogens is 416 g/mol. The molecule has 1 saturated heterocycles. The summed E-state index contributed by atoms with van der Waals surface area (Å²) in [7, 11) is -2.62. The fourth-order valence-corrected chi connectivity index (χ4v) is 4.49. The van der Waals surface area contributed by atoms with E-state index in [2.05, 4.69) is 10.2 Å².